The Kier molecular flexibility index (Phi) is 20.7. The van der Waals surface area contributed by atoms with Gasteiger partial charge in [0.2, 0.25) is 0 Å². The Bertz CT molecular complexity index is 980. The molecule has 1 aromatic heterocycles. The summed E-state index contributed by atoms with van der Waals surface area (Å²) in [4.78, 5) is 28.4. The molecule has 0 unspecified atom stereocenters. The van der Waals surface area contributed by atoms with Crippen LogP contribution < -0.4 is 15.5 Å². The molecule has 2 aromatic rings. The number of aliphatic imine (C=N–C) groups is 1. The highest BCUT2D eigenvalue weighted by Crippen LogP contribution is 2.24. The lowest BCUT2D eigenvalue weighted by molar-refractivity contribution is -0.104. The van der Waals surface area contributed by atoms with Crippen LogP contribution >= 0.6 is 23.4 Å². The number of anilines is 3. The molecule has 1 aliphatic heterocycles. The fourth-order valence-electron chi connectivity index (χ4n) is 3.48. The fraction of sp³-hybridized carbons (Fsp3) is 0.500. The number of para-hydroxylation sites is 1. The van der Waals surface area contributed by atoms with Gasteiger partial charge < -0.3 is 20.6 Å². The van der Waals surface area contributed by atoms with Crippen LogP contribution in [0.15, 0.2) is 40.4 Å². The largest absolute Gasteiger partial charge is 0.395 e. The topological polar surface area (TPSA) is 106 Å². The number of hydrogen-bond donors (Lipinski definition) is 3. The second-order valence-corrected chi connectivity index (χ2v) is 9.15. The average molecular weight is 580 g/mol. The lowest BCUT2D eigenvalue weighted by Crippen LogP contribution is -2.47. The van der Waals surface area contributed by atoms with Crippen LogP contribution in [0.1, 0.15) is 39.1 Å². The summed E-state index contributed by atoms with van der Waals surface area (Å²) in [6, 6.07) is 7.77. The molecule has 11 heteroatoms. The summed E-state index contributed by atoms with van der Waals surface area (Å²) in [6.07, 6.45) is 2.19. The number of thioether (sulfide) groups is 1. The monoisotopic (exact) mass is 579 g/mol. The Balaban J connectivity index is 0.000000857. The van der Waals surface area contributed by atoms with E-state index in [1.165, 1.54) is 23.5 Å². The Hall–Kier alpha value is -2.66. The molecule has 0 amide bonds. The summed E-state index contributed by atoms with van der Waals surface area (Å²) >= 11 is 7.20. The van der Waals surface area contributed by atoms with Crippen LogP contribution in [0.5, 0.6) is 0 Å². The van der Waals surface area contributed by atoms with Gasteiger partial charge in [-0.15, -0.1) is 0 Å². The number of piperazine rings is 1. The number of allylic oxidation sites excluding steroid dienone is 1. The van der Waals surface area contributed by atoms with Gasteiger partial charge in [0, 0.05) is 52.0 Å². The number of aromatic nitrogens is 2. The van der Waals surface area contributed by atoms with E-state index in [1.54, 1.807) is 0 Å². The highest BCUT2D eigenvalue weighted by molar-refractivity contribution is 8.03. The van der Waals surface area contributed by atoms with E-state index >= 15 is 0 Å². The molecule has 0 atom stereocenters. The maximum absolute atomic E-state index is 10.9. The van der Waals surface area contributed by atoms with Gasteiger partial charge in [0.15, 0.2) is 6.29 Å². The van der Waals surface area contributed by atoms with Crippen molar-refractivity contribution in [1.82, 2.24) is 14.9 Å². The van der Waals surface area contributed by atoms with Gasteiger partial charge in [-0.1, -0.05) is 63.2 Å². The maximum Gasteiger partial charge on any atom is 0.158 e. The van der Waals surface area contributed by atoms with Crippen molar-refractivity contribution in [2.45, 2.75) is 41.5 Å². The molecule has 0 bridgehead atoms. The minimum Gasteiger partial charge on any atom is -0.395 e. The van der Waals surface area contributed by atoms with Gasteiger partial charge in [-0.2, -0.15) is 0 Å². The lowest BCUT2D eigenvalue weighted by Gasteiger charge is -2.35. The summed E-state index contributed by atoms with van der Waals surface area (Å²) in [6.45, 7) is 19.7. The number of rotatable bonds is 10. The predicted octanol–water partition coefficient (Wildman–Crippen LogP) is 5.49. The fourth-order valence-corrected chi connectivity index (χ4v) is 4.40. The molecule has 9 nitrogen and oxygen atoms in total. The molecule has 2 heterocycles. The number of nitrogens with one attached hydrogen (secondary N) is 2. The molecular weight excluding hydrogens is 534 g/mol. The van der Waals surface area contributed by atoms with Gasteiger partial charge in [-0.05, 0) is 32.2 Å². The summed E-state index contributed by atoms with van der Waals surface area (Å²) in [5.74, 6) is 2.81. The number of β-amino-alcohol motifs (C(OH)–C–C–N with tert-alkyl or cyclic N) is 1. The van der Waals surface area contributed by atoms with Crippen molar-refractivity contribution in [3.8, 4) is 0 Å². The number of nitrogens with zero attached hydrogens (tertiary/aromatic N) is 5. The number of hydrogen-bond acceptors (Lipinski definition) is 10. The van der Waals surface area contributed by atoms with Crippen molar-refractivity contribution in [2.24, 2.45) is 4.99 Å². The van der Waals surface area contributed by atoms with E-state index in [-0.39, 0.29) is 6.61 Å². The molecule has 0 radical (unpaired) electrons. The number of aryl methyl sites for hydroxylation is 2. The Morgan fingerprint density at radius 3 is 2.36 bits per heavy atom. The molecule has 39 heavy (non-hydrogen) atoms. The Morgan fingerprint density at radius 2 is 1.85 bits per heavy atom. The van der Waals surface area contributed by atoms with Gasteiger partial charge >= 0.3 is 0 Å². The molecule has 3 N–H and O–H groups in total. The van der Waals surface area contributed by atoms with E-state index in [9.17, 15) is 4.79 Å². The minimum atomic E-state index is 0.191. The van der Waals surface area contributed by atoms with E-state index in [4.69, 9.17) is 16.7 Å². The predicted molar refractivity (Wildman–Crippen MR) is 171 cm³/mol. The van der Waals surface area contributed by atoms with E-state index in [0.29, 0.717) is 23.2 Å². The van der Waals surface area contributed by atoms with Gasteiger partial charge in [-0.3, -0.25) is 14.7 Å². The molecule has 0 aliphatic carbocycles. The van der Waals surface area contributed by atoms with E-state index in [2.05, 4.69) is 42.1 Å². The normalized spacial score (nSPS) is 12.9. The summed E-state index contributed by atoms with van der Waals surface area (Å²) in [7, 11) is 1.87. The molecule has 0 saturated carbocycles. The van der Waals surface area contributed by atoms with Crippen LogP contribution in [0.25, 0.3) is 0 Å². The first-order valence-corrected chi connectivity index (χ1v) is 14.6. The smallest absolute Gasteiger partial charge is 0.158 e. The first kappa shape index (κ1) is 36.3. The molecular formula is C28H46ClN7O2S. The number of benzene rings is 1. The first-order chi connectivity index (χ1) is 18.9. The lowest BCUT2D eigenvalue weighted by atomic mass is 10.2. The van der Waals surface area contributed by atoms with Gasteiger partial charge in [0.05, 0.1) is 28.1 Å². The third-order valence-electron chi connectivity index (χ3n) is 5.24. The Morgan fingerprint density at radius 1 is 1.18 bits per heavy atom. The molecule has 3 rings (SSSR count). The second kappa shape index (κ2) is 22.2. The third-order valence-corrected chi connectivity index (χ3v) is 6.37. The summed E-state index contributed by atoms with van der Waals surface area (Å²) in [5, 5.41) is 16.0. The SMILES string of the molecule is C=N/C=C(/C=O)SCNc1cc(N2CCN(CCO)CC2)nc(C)n1.CC.CC.CNc1c(C)cccc1Cl. The van der Waals surface area contributed by atoms with Crippen LogP contribution in [0.2, 0.25) is 5.02 Å². The van der Waals surface area contributed by atoms with Crippen molar-refractivity contribution in [1.29, 1.82) is 0 Å². The van der Waals surface area contributed by atoms with E-state index < -0.39 is 0 Å². The number of carbonyl (C=O) groups excluding carboxylic acids is 1. The van der Waals surface area contributed by atoms with Crippen LogP contribution in [0.3, 0.4) is 0 Å². The van der Waals surface area contributed by atoms with Gasteiger partial charge in [0.1, 0.15) is 17.5 Å². The summed E-state index contributed by atoms with van der Waals surface area (Å²) < 4.78 is 0. The Labute approximate surface area is 244 Å². The highest BCUT2D eigenvalue weighted by atomic mass is 35.5. The molecule has 1 fully saturated rings. The number of aldehydes is 1. The molecule has 1 aliphatic rings. The third kappa shape index (κ3) is 13.8. The number of aliphatic hydroxyl groups is 1. The molecule has 1 saturated heterocycles. The maximum atomic E-state index is 10.9. The molecule has 1 aromatic carbocycles. The van der Waals surface area contributed by atoms with Crippen LogP contribution in [-0.2, 0) is 4.79 Å². The van der Waals surface area contributed by atoms with Crippen molar-refractivity contribution < 1.29 is 9.90 Å². The zero-order valence-corrected chi connectivity index (χ0v) is 26.1. The standard InChI is InChI=1S/C16H24N6O2S.C8H10ClN.2C2H6/c1-13-19-15(18-12-25-14(11-24)10-17-2)9-16(20-13)22-5-3-21(4-6-22)7-8-23;1-6-4-3-5-7(9)8(6)10-2;2*1-2/h9-11,23H,2-8,12H2,1H3,(H,18,19,20);3-5,10H,1-2H3;2*1-2H3/b14-10-;;;. The first-order valence-electron chi connectivity index (χ1n) is 13.3. The highest BCUT2D eigenvalue weighted by Gasteiger charge is 2.18. The molecule has 218 valence electrons. The average Bonchev–Trinajstić information content (AvgIpc) is 2.95. The molecule has 0 spiro atoms. The summed E-state index contributed by atoms with van der Waals surface area (Å²) in [5.41, 5.74) is 2.19. The van der Waals surface area contributed by atoms with Crippen molar-refractivity contribution >= 4 is 53.7 Å². The quantitative estimate of drug-likeness (QED) is 0.146. The van der Waals surface area contributed by atoms with Gasteiger partial charge in [0.25, 0.3) is 0 Å². The zero-order chi connectivity index (χ0) is 29.6. The second-order valence-electron chi connectivity index (χ2n) is 7.69. The van der Waals surface area contributed by atoms with Crippen molar-refractivity contribution in [3.05, 3.63) is 51.8 Å². The minimum absolute atomic E-state index is 0.191. The zero-order valence-electron chi connectivity index (χ0n) is 24.5. The number of halogens is 1. The van der Waals surface area contributed by atoms with Crippen molar-refractivity contribution in [2.75, 3.05) is 67.8 Å². The van der Waals surface area contributed by atoms with E-state index in [1.807, 2.05) is 72.9 Å². The van der Waals surface area contributed by atoms with E-state index in [0.717, 1.165) is 54.8 Å². The number of aliphatic hydroxyl groups excluding tert-OH is 1. The van der Waals surface area contributed by atoms with Gasteiger partial charge in [-0.25, -0.2) is 9.97 Å². The van der Waals surface area contributed by atoms with Crippen LogP contribution in [0.4, 0.5) is 17.3 Å². The number of carbonyl (C=O) groups is 1. The van der Waals surface area contributed by atoms with Crippen LogP contribution in [0, 0.1) is 13.8 Å². The van der Waals surface area contributed by atoms with Crippen LogP contribution in [-0.4, -0.2) is 85.2 Å². The van der Waals surface area contributed by atoms with Crippen molar-refractivity contribution in [3.63, 3.8) is 0 Å².